The van der Waals surface area contributed by atoms with E-state index >= 15 is 0 Å². The van der Waals surface area contributed by atoms with Gasteiger partial charge in [0.05, 0.1) is 0 Å². The zero-order chi connectivity index (χ0) is 42.8. The van der Waals surface area contributed by atoms with Crippen LogP contribution in [0.4, 0.5) is 74.6 Å². The van der Waals surface area contributed by atoms with Gasteiger partial charge in [0, 0.05) is 27.1 Å². The van der Waals surface area contributed by atoms with Crippen LogP contribution in [0.5, 0.6) is 0 Å². The summed E-state index contributed by atoms with van der Waals surface area (Å²) >= 11 is 0. The normalized spacial score (nSPS) is 14.4. The summed E-state index contributed by atoms with van der Waals surface area (Å²) in [6.07, 6.45) is -7.82. The van der Waals surface area contributed by atoms with Gasteiger partial charge in [-0.2, -0.15) is 74.6 Å². The van der Waals surface area contributed by atoms with E-state index in [0.717, 1.165) is 22.1 Å². The van der Waals surface area contributed by atoms with Crippen LogP contribution in [-0.2, 0) is 5.92 Å². The number of halogens is 17. The van der Waals surface area contributed by atoms with E-state index in [2.05, 4.69) is 0 Å². The molecule has 2 nitrogen and oxygen atoms in total. The summed E-state index contributed by atoms with van der Waals surface area (Å²) in [5.41, 5.74) is 1.87. The van der Waals surface area contributed by atoms with Gasteiger partial charge in [-0.05, 0) is 65.6 Å². The van der Waals surface area contributed by atoms with Gasteiger partial charge in [0.2, 0.25) is 0 Å². The molecule has 0 bridgehead atoms. The highest BCUT2D eigenvalue weighted by atomic mass is 19.4. The third kappa shape index (κ3) is 5.47. The summed E-state index contributed by atoms with van der Waals surface area (Å²) in [6, 6.07) is 22.2. The van der Waals surface area contributed by atoms with Crippen LogP contribution < -0.4 is 0 Å². The molecule has 0 unspecified atom stereocenters. The number of hydrogen-bond acceptors (Lipinski definition) is 2. The average Bonchev–Trinajstić information content (AvgIpc) is 3.72. The van der Waals surface area contributed by atoms with Gasteiger partial charge < -0.3 is 8.83 Å². The minimum Gasteiger partial charge on any atom is -0.452 e. The Kier molecular flexibility index (Phi) is 8.78. The van der Waals surface area contributed by atoms with E-state index in [1.807, 2.05) is 49.4 Å². The Morgan fingerprint density at radius 3 is 1.07 bits per heavy atom. The van der Waals surface area contributed by atoms with Crippen LogP contribution in [-0.4, -0.2) is 41.7 Å². The predicted molar refractivity (Wildman–Crippen MR) is 176 cm³/mol. The van der Waals surface area contributed by atoms with E-state index in [4.69, 9.17) is 8.83 Å². The van der Waals surface area contributed by atoms with Crippen LogP contribution in [0, 0.1) is 6.92 Å². The standard InChI is InChI=1S/C39H19F17O2/c1-18-2-4-19(5-3-18)21-8-12-24-26-14-15-27-25-13-9-22(17-29(25)58-31(27)30(26)57-28(24)16-21)20-6-10-23(11-7-20)32(40,41)33(42,43)34(44,45)35(46,47)36(48,49)37(50,51)38(52,53)39(54,55)56/h2-17H,1H3. The molecular formula is C39H19F17O2. The first kappa shape index (κ1) is 40.7. The summed E-state index contributed by atoms with van der Waals surface area (Å²) < 4.78 is 247. The van der Waals surface area contributed by atoms with Crippen molar-refractivity contribution in [1.29, 1.82) is 0 Å². The Labute approximate surface area is 312 Å². The molecule has 0 saturated heterocycles. The molecule has 0 aliphatic carbocycles. The fourth-order valence-corrected chi connectivity index (χ4v) is 6.39. The molecular weight excluding hydrogens is 823 g/mol. The maximum Gasteiger partial charge on any atom is 0.460 e. The van der Waals surface area contributed by atoms with Gasteiger partial charge in [-0.15, -0.1) is 0 Å². The van der Waals surface area contributed by atoms with Gasteiger partial charge in [-0.1, -0.05) is 66.2 Å². The number of fused-ring (bicyclic) bond motifs is 7. The number of benzene rings is 5. The predicted octanol–water partition coefficient (Wildman–Crippen LogP) is 14.6. The van der Waals surface area contributed by atoms with Crippen molar-refractivity contribution in [3.05, 3.63) is 108 Å². The van der Waals surface area contributed by atoms with Crippen molar-refractivity contribution in [2.75, 3.05) is 0 Å². The molecule has 0 atom stereocenters. The molecule has 0 saturated carbocycles. The van der Waals surface area contributed by atoms with Crippen molar-refractivity contribution in [1.82, 2.24) is 0 Å². The second-order valence-electron chi connectivity index (χ2n) is 13.4. The first-order valence-electron chi connectivity index (χ1n) is 16.3. The molecule has 0 aliphatic heterocycles. The molecule has 0 spiro atoms. The van der Waals surface area contributed by atoms with E-state index in [9.17, 15) is 74.6 Å². The molecule has 2 aromatic heterocycles. The molecule has 5 aromatic carbocycles. The number of hydrogen-bond donors (Lipinski definition) is 0. The highest BCUT2D eigenvalue weighted by Crippen LogP contribution is 2.65. The molecule has 0 amide bonds. The monoisotopic (exact) mass is 842 g/mol. The Bertz CT molecular complexity index is 2700. The SMILES string of the molecule is Cc1ccc(-c2ccc3c(c2)oc2c3ccc3c4ccc(-c5ccc(C(F)(F)C(F)(F)C(F)(F)C(F)(F)C(F)(F)C(F)(F)C(F)(F)C(F)(F)F)cc5)cc4oc32)cc1. The lowest BCUT2D eigenvalue weighted by Gasteiger charge is -2.42. The number of rotatable bonds is 9. The van der Waals surface area contributed by atoms with Gasteiger partial charge in [0.15, 0.2) is 11.2 Å². The van der Waals surface area contributed by atoms with Gasteiger partial charge in [0.1, 0.15) is 11.2 Å². The van der Waals surface area contributed by atoms with Gasteiger partial charge in [-0.3, -0.25) is 0 Å². The lowest BCUT2D eigenvalue weighted by Crippen LogP contribution is -2.74. The molecule has 0 fully saturated rings. The number of furan rings is 2. The molecule has 0 aliphatic rings. The minimum atomic E-state index is -8.69. The van der Waals surface area contributed by atoms with E-state index in [0.29, 0.717) is 39.5 Å². The van der Waals surface area contributed by atoms with Crippen LogP contribution in [0.25, 0.3) is 66.1 Å². The smallest absolute Gasteiger partial charge is 0.452 e. The van der Waals surface area contributed by atoms with Crippen LogP contribution in [0.15, 0.2) is 106 Å². The van der Waals surface area contributed by atoms with E-state index < -0.39 is 53.2 Å². The zero-order valence-corrected chi connectivity index (χ0v) is 28.5. The minimum absolute atomic E-state index is 0.0480. The maximum absolute atomic E-state index is 14.9. The highest BCUT2D eigenvalue weighted by Gasteiger charge is 2.95. The highest BCUT2D eigenvalue weighted by molar-refractivity contribution is 6.19. The second-order valence-corrected chi connectivity index (χ2v) is 13.4. The van der Waals surface area contributed by atoms with Gasteiger partial charge in [-0.25, -0.2) is 0 Å². The largest absolute Gasteiger partial charge is 0.460 e. The molecule has 306 valence electrons. The van der Waals surface area contributed by atoms with Crippen molar-refractivity contribution in [3.63, 3.8) is 0 Å². The summed E-state index contributed by atoms with van der Waals surface area (Å²) in [5.74, 6) is -57.0. The zero-order valence-electron chi connectivity index (χ0n) is 28.5. The van der Waals surface area contributed by atoms with Gasteiger partial charge >= 0.3 is 47.6 Å². The lowest BCUT2D eigenvalue weighted by atomic mass is 9.87. The van der Waals surface area contributed by atoms with Crippen molar-refractivity contribution in [2.45, 2.75) is 54.6 Å². The van der Waals surface area contributed by atoms with Crippen molar-refractivity contribution < 1.29 is 83.5 Å². The summed E-state index contributed by atoms with van der Waals surface area (Å²) in [7, 11) is 0. The van der Waals surface area contributed by atoms with Gasteiger partial charge in [0.25, 0.3) is 0 Å². The van der Waals surface area contributed by atoms with Crippen molar-refractivity contribution in [2.24, 2.45) is 0 Å². The quantitative estimate of drug-likeness (QED) is 0.135. The fraction of sp³-hybridized carbons (Fsp3) is 0.231. The van der Waals surface area contributed by atoms with Crippen LogP contribution in [0.1, 0.15) is 11.1 Å². The maximum atomic E-state index is 14.9. The van der Waals surface area contributed by atoms with Crippen LogP contribution in [0.2, 0.25) is 0 Å². The first-order chi connectivity index (χ1) is 26.6. The van der Waals surface area contributed by atoms with Crippen molar-refractivity contribution in [3.8, 4) is 22.3 Å². The average molecular weight is 843 g/mol. The Hall–Kier alpha value is -5.49. The van der Waals surface area contributed by atoms with Crippen LogP contribution in [0.3, 0.4) is 0 Å². The Balaban J connectivity index is 1.20. The Morgan fingerprint density at radius 1 is 0.345 bits per heavy atom. The third-order valence-electron chi connectivity index (χ3n) is 9.77. The van der Waals surface area contributed by atoms with Crippen molar-refractivity contribution >= 4 is 43.9 Å². The van der Waals surface area contributed by atoms with E-state index in [1.165, 1.54) is 18.2 Å². The Morgan fingerprint density at radius 2 is 0.672 bits per heavy atom. The van der Waals surface area contributed by atoms with E-state index in [-0.39, 0.29) is 34.4 Å². The fourth-order valence-electron chi connectivity index (χ4n) is 6.39. The molecule has 2 heterocycles. The number of alkyl halides is 17. The molecule has 58 heavy (non-hydrogen) atoms. The molecule has 19 heteroatoms. The topological polar surface area (TPSA) is 26.3 Å². The molecule has 0 N–H and O–H groups in total. The van der Waals surface area contributed by atoms with Crippen LogP contribution >= 0.6 is 0 Å². The summed E-state index contributed by atoms with van der Waals surface area (Å²) in [4.78, 5) is 0. The first-order valence-corrected chi connectivity index (χ1v) is 16.3. The lowest BCUT2D eigenvalue weighted by molar-refractivity contribution is -0.462. The van der Waals surface area contributed by atoms with E-state index in [1.54, 1.807) is 12.1 Å². The summed E-state index contributed by atoms with van der Waals surface area (Å²) in [6.45, 7) is 1.94. The summed E-state index contributed by atoms with van der Waals surface area (Å²) in [5, 5.41) is 2.51. The number of aryl methyl sites for hydroxylation is 1. The second kappa shape index (κ2) is 12.5. The molecule has 7 rings (SSSR count). The third-order valence-corrected chi connectivity index (χ3v) is 9.77. The molecule has 7 aromatic rings. The molecule has 0 radical (unpaired) electrons.